The van der Waals surface area contributed by atoms with Gasteiger partial charge in [0.25, 0.3) is 0 Å². The first-order valence-corrected chi connectivity index (χ1v) is 5.99. The lowest BCUT2D eigenvalue weighted by molar-refractivity contribution is -0.115. The topological polar surface area (TPSA) is 63.2 Å². The van der Waals surface area contributed by atoms with Crippen molar-refractivity contribution < 1.29 is 13.2 Å². The minimum atomic E-state index is -3.19. The van der Waals surface area contributed by atoms with Crippen molar-refractivity contribution in [2.75, 3.05) is 11.6 Å². The van der Waals surface area contributed by atoms with Crippen LogP contribution >= 0.6 is 0 Å². The van der Waals surface area contributed by atoms with E-state index in [9.17, 15) is 13.2 Å². The zero-order chi connectivity index (χ0) is 10.3. The molecule has 0 atom stereocenters. The van der Waals surface area contributed by atoms with Crippen LogP contribution in [0.25, 0.3) is 0 Å². The quantitative estimate of drug-likeness (QED) is 0.739. The maximum Gasteiger partial charge on any atom is 0.228 e. The van der Waals surface area contributed by atoms with Crippen LogP contribution in [-0.4, -0.2) is 20.6 Å². The van der Waals surface area contributed by atoms with Crippen molar-refractivity contribution in [1.82, 2.24) is 0 Å². The Morgan fingerprint density at radius 3 is 2.71 bits per heavy atom. The average Bonchev–Trinajstić information content (AvgIpc) is 2.41. The molecule has 1 amide bonds. The Balaban J connectivity index is 2.53. The first-order chi connectivity index (χ1) is 6.47. The fourth-order valence-electron chi connectivity index (χ4n) is 1.42. The van der Waals surface area contributed by atoms with Crippen LogP contribution in [0.1, 0.15) is 5.56 Å². The number of benzene rings is 1. The van der Waals surface area contributed by atoms with E-state index in [2.05, 4.69) is 5.32 Å². The molecule has 0 fully saturated rings. The van der Waals surface area contributed by atoms with Crippen LogP contribution in [-0.2, 0) is 21.1 Å². The summed E-state index contributed by atoms with van der Waals surface area (Å²) in [7, 11) is -3.19. The predicted molar refractivity (Wildman–Crippen MR) is 51.9 cm³/mol. The Hall–Kier alpha value is -1.36. The summed E-state index contributed by atoms with van der Waals surface area (Å²) in [6, 6.07) is 4.69. The van der Waals surface area contributed by atoms with Gasteiger partial charge in [0.15, 0.2) is 9.84 Å². The van der Waals surface area contributed by atoms with E-state index in [1.165, 1.54) is 12.1 Å². The van der Waals surface area contributed by atoms with Gasteiger partial charge in [0.1, 0.15) is 0 Å². The summed E-state index contributed by atoms with van der Waals surface area (Å²) >= 11 is 0. The van der Waals surface area contributed by atoms with Crippen LogP contribution in [0.3, 0.4) is 0 Å². The molecule has 1 aliphatic rings. The molecule has 0 aromatic heterocycles. The summed E-state index contributed by atoms with van der Waals surface area (Å²) in [5, 5.41) is 2.61. The smallest absolute Gasteiger partial charge is 0.228 e. The molecular formula is C9H9NO3S. The third-order valence-electron chi connectivity index (χ3n) is 2.13. The van der Waals surface area contributed by atoms with Crippen molar-refractivity contribution in [3.05, 3.63) is 23.8 Å². The number of carbonyl (C=O) groups is 1. The van der Waals surface area contributed by atoms with Gasteiger partial charge < -0.3 is 5.32 Å². The molecule has 74 valence electrons. The second-order valence-electron chi connectivity index (χ2n) is 3.32. The Kier molecular flexibility index (Phi) is 1.85. The van der Waals surface area contributed by atoms with Crippen molar-refractivity contribution in [1.29, 1.82) is 0 Å². The molecule has 0 spiro atoms. The Bertz CT molecular complexity index is 505. The second-order valence-corrected chi connectivity index (χ2v) is 5.33. The van der Waals surface area contributed by atoms with Crippen LogP contribution in [0, 0.1) is 0 Å². The third-order valence-corrected chi connectivity index (χ3v) is 3.24. The lowest BCUT2D eigenvalue weighted by atomic mass is 10.2. The van der Waals surface area contributed by atoms with Crippen LogP contribution in [0.5, 0.6) is 0 Å². The highest BCUT2D eigenvalue weighted by molar-refractivity contribution is 7.90. The molecule has 14 heavy (non-hydrogen) atoms. The Morgan fingerprint density at radius 2 is 2.07 bits per heavy atom. The molecule has 0 radical (unpaired) electrons. The molecule has 1 aliphatic heterocycles. The van der Waals surface area contributed by atoms with Crippen molar-refractivity contribution in [2.24, 2.45) is 0 Å². The number of hydrogen-bond acceptors (Lipinski definition) is 3. The molecule has 1 aromatic carbocycles. The number of fused-ring (bicyclic) bond motifs is 1. The summed E-state index contributed by atoms with van der Waals surface area (Å²) in [5.41, 5.74) is 1.46. The SMILES string of the molecule is CS(=O)(=O)c1ccc2c(c1)NC(=O)C2. The van der Waals surface area contributed by atoms with E-state index in [1.54, 1.807) is 6.07 Å². The number of nitrogens with one attached hydrogen (secondary N) is 1. The zero-order valence-corrected chi connectivity index (χ0v) is 8.39. The number of amides is 1. The molecule has 1 aromatic rings. The van der Waals surface area contributed by atoms with Gasteiger partial charge in [0.05, 0.1) is 11.3 Å². The van der Waals surface area contributed by atoms with Crippen LogP contribution in [0.4, 0.5) is 5.69 Å². The van der Waals surface area contributed by atoms with Crippen LogP contribution in [0.15, 0.2) is 23.1 Å². The normalized spacial score (nSPS) is 15.1. The van der Waals surface area contributed by atoms with Gasteiger partial charge in [0.2, 0.25) is 5.91 Å². The minimum Gasteiger partial charge on any atom is -0.325 e. The predicted octanol–water partition coefficient (Wildman–Crippen LogP) is 0.585. The summed E-state index contributed by atoms with van der Waals surface area (Å²) in [6.45, 7) is 0. The molecule has 1 heterocycles. The lowest BCUT2D eigenvalue weighted by Crippen LogP contribution is -2.04. The summed E-state index contributed by atoms with van der Waals surface area (Å²) in [4.78, 5) is 11.2. The monoisotopic (exact) mass is 211 g/mol. The van der Waals surface area contributed by atoms with E-state index in [-0.39, 0.29) is 10.8 Å². The summed E-state index contributed by atoms with van der Waals surface area (Å²) in [5.74, 6) is -0.0920. The highest BCUT2D eigenvalue weighted by Crippen LogP contribution is 2.25. The van der Waals surface area contributed by atoms with E-state index in [1.807, 2.05) is 0 Å². The van der Waals surface area contributed by atoms with Gasteiger partial charge in [-0.3, -0.25) is 4.79 Å². The first kappa shape index (κ1) is 9.21. The largest absolute Gasteiger partial charge is 0.325 e. The fourth-order valence-corrected chi connectivity index (χ4v) is 2.07. The molecule has 5 heteroatoms. The van der Waals surface area contributed by atoms with Crippen molar-refractivity contribution in [3.63, 3.8) is 0 Å². The minimum absolute atomic E-state index is 0.0920. The Morgan fingerprint density at radius 1 is 1.36 bits per heavy atom. The number of rotatable bonds is 1. The van der Waals surface area contributed by atoms with E-state index < -0.39 is 9.84 Å². The van der Waals surface area contributed by atoms with E-state index >= 15 is 0 Å². The molecule has 2 rings (SSSR count). The van der Waals surface area contributed by atoms with Gasteiger partial charge in [-0.1, -0.05) is 6.07 Å². The van der Waals surface area contributed by atoms with Crippen molar-refractivity contribution >= 4 is 21.4 Å². The van der Waals surface area contributed by atoms with Gasteiger partial charge in [-0.05, 0) is 17.7 Å². The molecule has 0 aliphatic carbocycles. The molecule has 1 N–H and O–H groups in total. The van der Waals surface area contributed by atoms with E-state index in [0.717, 1.165) is 11.8 Å². The third kappa shape index (κ3) is 1.50. The molecule has 0 saturated carbocycles. The van der Waals surface area contributed by atoms with Gasteiger partial charge >= 0.3 is 0 Å². The molecular weight excluding hydrogens is 202 g/mol. The number of anilines is 1. The van der Waals surface area contributed by atoms with E-state index in [4.69, 9.17) is 0 Å². The zero-order valence-electron chi connectivity index (χ0n) is 7.57. The molecule has 0 saturated heterocycles. The Labute approximate surface area is 81.9 Å². The highest BCUT2D eigenvalue weighted by atomic mass is 32.2. The van der Waals surface area contributed by atoms with Gasteiger partial charge in [-0.2, -0.15) is 0 Å². The van der Waals surface area contributed by atoms with Crippen molar-refractivity contribution in [2.45, 2.75) is 11.3 Å². The van der Waals surface area contributed by atoms with Crippen LogP contribution < -0.4 is 5.32 Å². The summed E-state index contributed by atoms with van der Waals surface area (Å²) in [6.07, 6.45) is 1.48. The highest BCUT2D eigenvalue weighted by Gasteiger charge is 2.19. The number of carbonyl (C=O) groups excluding carboxylic acids is 1. The van der Waals surface area contributed by atoms with Gasteiger partial charge in [0, 0.05) is 11.9 Å². The average molecular weight is 211 g/mol. The van der Waals surface area contributed by atoms with Crippen molar-refractivity contribution in [3.8, 4) is 0 Å². The molecule has 0 bridgehead atoms. The first-order valence-electron chi connectivity index (χ1n) is 4.09. The summed E-state index contributed by atoms with van der Waals surface area (Å²) < 4.78 is 22.4. The number of sulfone groups is 1. The van der Waals surface area contributed by atoms with Crippen LogP contribution in [0.2, 0.25) is 0 Å². The lowest BCUT2D eigenvalue weighted by Gasteiger charge is -2.01. The maximum absolute atomic E-state index is 11.2. The fraction of sp³-hybridized carbons (Fsp3) is 0.222. The standard InChI is InChI=1S/C9H9NO3S/c1-14(12,13)7-3-2-6-4-9(11)10-8(6)5-7/h2-3,5H,4H2,1H3,(H,10,11). The molecule has 4 nitrogen and oxygen atoms in total. The molecule has 0 unspecified atom stereocenters. The van der Waals surface area contributed by atoms with Gasteiger partial charge in [-0.15, -0.1) is 0 Å². The second kappa shape index (κ2) is 2.81. The maximum atomic E-state index is 11.2. The number of hydrogen-bond donors (Lipinski definition) is 1. The van der Waals surface area contributed by atoms with E-state index in [0.29, 0.717) is 12.1 Å². The van der Waals surface area contributed by atoms with Gasteiger partial charge in [-0.25, -0.2) is 8.42 Å².